The number of carbonyl (C=O) groups is 2. The van der Waals surface area contributed by atoms with Crippen molar-refractivity contribution in [2.75, 3.05) is 11.9 Å². The summed E-state index contributed by atoms with van der Waals surface area (Å²) in [4.78, 5) is 25.7. The van der Waals surface area contributed by atoms with Crippen LogP contribution in [-0.4, -0.2) is 24.9 Å². The summed E-state index contributed by atoms with van der Waals surface area (Å²) in [7, 11) is 2.17. The molecule has 0 heterocycles. The van der Waals surface area contributed by atoms with Crippen molar-refractivity contribution >= 4 is 17.5 Å². The number of nitrogens with two attached hydrogens (primary N) is 1. The Morgan fingerprint density at radius 1 is 0.963 bits per heavy atom. The van der Waals surface area contributed by atoms with Gasteiger partial charge in [0.05, 0.1) is 0 Å². The van der Waals surface area contributed by atoms with Gasteiger partial charge in [0.2, 0.25) is 5.91 Å². The van der Waals surface area contributed by atoms with Crippen LogP contribution in [0, 0.1) is 0 Å². The van der Waals surface area contributed by atoms with Gasteiger partial charge in [-0.05, 0) is 54.8 Å². The Balaban J connectivity index is 1.55. The molecule has 3 rings (SSSR count). The maximum absolute atomic E-state index is 12.2. The molecule has 0 aliphatic heterocycles. The minimum absolute atomic E-state index is 0.172. The van der Waals surface area contributed by atoms with Crippen molar-refractivity contribution in [3.8, 4) is 0 Å². The van der Waals surface area contributed by atoms with E-state index >= 15 is 0 Å². The highest BCUT2D eigenvalue weighted by Gasteiger charge is 2.18. The van der Waals surface area contributed by atoms with E-state index in [1.54, 1.807) is 24.3 Å². The number of carbonyl (C=O) groups excluding carboxylic acids is 2. The van der Waals surface area contributed by atoms with Crippen molar-refractivity contribution < 1.29 is 9.59 Å². The standard InChI is InChI=1S/C22H27N3O2/c1-25(19-5-3-2-4-6-19)20-13-7-16(8-14-20)15-24-22(27)18-11-9-17(10-12-18)21(23)26/h7-14,19H,2-6,15H2,1H3,(H2,23,26)(H,24,27). The number of nitrogens with one attached hydrogen (secondary N) is 1. The van der Waals surface area contributed by atoms with E-state index in [0.717, 1.165) is 5.56 Å². The number of anilines is 1. The molecular formula is C22H27N3O2. The van der Waals surface area contributed by atoms with E-state index in [-0.39, 0.29) is 5.91 Å². The molecule has 142 valence electrons. The zero-order valence-corrected chi connectivity index (χ0v) is 15.8. The van der Waals surface area contributed by atoms with Gasteiger partial charge in [-0.15, -0.1) is 0 Å². The third-order valence-corrected chi connectivity index (χ3v) is 5.35. The Morgan fingerprint density at radius 3 is 2.15 bits per heavy atom. The van der Waals surface area contributed by atoms with E-state index in [9.17, 15) is 9.59 Å². The van der Waals surface area contributed by atoms with Gasteiger partial charge < -0.3 is 16.0 Å². The zero-order valence-electron chi connectivity index (χ0n) is 15.8. The molecule has 1 aliphatic carbocycles. The van der Waals surface area contributed by atoms with Crippen LogP contribution < -0.4 is 16.0 Å². The normalized spacial score (nSPS) is 14.6. The lowest BCUT2D eigenvalue weighted by Gasteiger charge is -2.33. The Morgan fingerprint density at radius 2 is 1.56 bits per heavy atom. The van der Waals surface area contributed by atoms with E-state index in [0.29, 0.717) is 23.7 Å². The minimum Gasteiger partial charge on any atom is -0.372 e. The molecule has 1 fully saturated rings. The molecule has 0 saturated heterocycles. The summed E-state index contributed by atoms with van der Waals surface area (Å²) in [5, 5.41) is 2.91. The second-order valence-corrected chi connectivity index (χ2v) is 7.19. The highest BCUT2D eigenvalue weighted by Crippen LogP contribution is 2.26. The van der Waals surface area contributed by atoms with Crippen LogP contribution >= 0.6 is 0 Å². The van der Waals surface area contributed by atoms with Gasteiger partial charge in [-0.1, -0.05) is 31.4 Å². The number of hydrogen-bond acceptors (Lipinski definition) is 3. The molecular weight excluding hydrogens is 338 g/mol. The second kappa shape index (κ2) is 8.71. The molecule has 2 aromatic rings. The topological polar surface area (TPSA) is 75.4 Å². The molecule has 3 N–H and O–H groups in total. The summed E-state index contributed by atoms with van der Waals surface area (Å²) in [5.74, 6) is -0.672. The molecule has 0 aromatic heterocycles. The molecule has 5 heteroatoms. The summed E-state index contributed by atoms with van der Waals surface area (Å²) < 4.78 is 0. The lowest BCUT2D eigenvalue weighted by Crippen LogP contribution is -2.33. The largest absolute Gasteiger partial charge is 0.372 e. The van der Waals surface area contributed by atoms with E-state index < -0.39 is 5.91 Å². The molecule has 0 spiro atoms. The van der Waals surface area contributed by atoms with E-state index in [1.807, 2.05) is 0 Å². The highest BCUT2D eigenvalue weighted by molar-refractivity contribution is 5.97. The summed E-state index contributed by atoms with van der Waals surface area (Å²) in [6, 6.07) is 15.3. The summed E-state index contributed by atoms with van der Waals surface area (Å²) in [6.07, 6.45) is 6.53. The van der Waals surface area contributed by atoms with Gasteiger partial charge in [-0.3, -0.25) is 9.59 Å². The fraction of sp³-hybridized carbons (Fsp3) is 0.364. The quantitative estimate of drug-likeness (QED) is 0.823. The predicted molar refractivity (Wildman–Crippen MR) is 108 cm³/mol. The van der Waals surface area contributed by atoms with Gasteiger partial charge >= 0.3 is 0 Å². The monoisotopic (exact) mass is 365 g/mol. The number of nitrogens with zero attached hydrogens (tertiary/aromatic N) is 1. The summed E-state index contributed by atoms with van der Waals surface area (Å²) in [5.41, 5.74) is 8.39. The smallest absolute Gasteiger partial charge is 0.251 e. The average Bonchev–Trinajstić information content (AvgIpc) is 2.72. The van der Waals surface area contributed by atoms with Gasteiger partial charge in [0.15, 0.2) is 0 Å². The van der Waals surface area contributed by atoms with Crippen molar-refractivity contribution in [3.05, 3.63) is 65.2 Å². The fourth-order valence-electron chi connectivity index (χ4n) is 3.60. The Labute approximate surface area is 160 Å². The number of amides is 2. The molecule has 27 heavy (non-hydrogen) atoms. The first kappa shape index (κ1) is 19.0. The van der Waals surface area contributed by atoms with Crippen LogP contribution in [0.15, 0.2) is 48.5 Å². The molecule has 2 amide bonds. The Kier molecular flexibility index (Phi) is 6.12. The zero-order chi connectivity index (χ0) is 19.2. The molecule has 0 atom stereocenters. The first-order chi connectivity index (χ1) is 13.0. The van der Waals surface area contributed by atoms with E-state index in [1.165, 1.54) is 37.8 Å². The third-order valence-electron chi connectivity index (χ3n) is 5.35. The minimum atomic E-state index is -0.500. The molecule has 1 saturated carbocycles. The highest BCUT2D eigenvalue weighted by atomic mass is 16.2. The lowest BCUT2D eigenvalue weighted by atomic mass is 9.94. The molecule has 1 aliphatic rings. The molecule has 2 aromatic carbocycles. The lowest BCUT2D eigenvalue weighted by molar-refractivity contribution is 0.0948. The molecule has 5 nitrogen and oxygen atoms in total. The summed E-state index contributed by atoms with van der Waals surface area (Å²) >= 11 is 0. The van der Waals surface area contributed by atoms with Gasteiger partial charge in [0.1, 0.15) is 0 Å². The van der Waals surface area contributed by atoms with Crippen molar-refractivity contribution in [2.45, 2.75) is 44.7 Å². The van der Waals surface area contributed by atoms with E-state index in [2.05, 4.69) is 41.5 Å². The van der Waals surface area contributed by atoms with Crippen LogP contribution in [0.5, 0.6) is 0 Å². The van der Waals surface area contributed by atoms with Gasteiger partial charge in [0, 0.05) is 36.4 Å². The maximum atomic E-state index is 12.2. The first-order valence-electron chi connectivity index (χ1n) is 9.54. The number of primary amides is 1. The molecule has 0 radical (unpaired) electrons. The van der Waals surface area contributed by atoms with Crippen molar-refractivity contribution in [1.82, 2.24) is 5.32 Å². The van der Waals surface area contributed by atoms with Crippen LogP contribution in [0.3, 0.4) is 0 Å². The first-order valence-corrected chi connectivity index (χ1v) is 9.54. The van der Waals surface area contributed by atoms with Crippen LogP contribution in [0.25, 0.3) is 0 Å². The van der Waals surface area contributed by atoms with Crippen LogP contribution in [0.2, 0.25) is 0 Å². The van der Waals surface area contributed by atoms with Gasteiger partial charge in [0.25, 0.3) is 5.91 Å². The third kappa shape index (κ3) is 4.88. The van der Waals surface area contributed by atoms with Crippen molar-refractivity contribution in [1.29, 1.82) is 0 Å². The second-order valence-electron chi connectivity index (χ2n) is 7.19. The fourth-order valence-corrected chi connectivity index (χ4v) is 3.60. The Hall–Kier alpha value is -2.82. The van der Waals surface area contributed by atoms with Crippen LogP contribution in [0.4, 0.5) is 5.69 Å². The van der Waals surface area contributed by atoms with Gasteiger partial charge in [-0.25, -0.2) is 0 Å². The van der Waals surface area contributed by atoms with Crippen molar-refractivity contribution in [2.24, 2.45) is 5.73 Å². The van der Waals surface area contributed by atoms with Crippen molar-refractivity contribution in [3.63, 3.8) is 0 Å². The predicted octanol–water partition coefficient (Wildman–Crippen LogP) is 3.48. The molecule has 0 unspecified atom stereocenters. The summed E-state index contributed by atoms with van der Waals surface area (Å²) in [6.45, 7) is 0.462. The maximum Gasteiger partial charge on any atom is 0.251 e. The Bertz CT molecular complexity index is 778. The van der Waals surface area contributed by atoms with E-state index in [4.69, 9.17) is 5.73 Å². The van der Waals surface area contributed by atoms with Crippen LogP contribution in [-0.2, 0) is 6.54 Å². The SMILES string of the molecule is CN(c1ccc(CNC(=O)c2ccc(C(N)=O)cc2)cc1)C1CCCCC1. The number of rotatable bonds is 6. The number of hydrogen-bond donors (Lipinski definition) is 2. The van der Waals surface area contributed by atoms with Gasteiger partial charge in [-0.2, -0.15) is 0 Å². The molecule has 0 bridgehead atoms. The van der Waals surface area contributed by atoms with Crippen LogP contribution in [0.1, 0.15) is 58.4 Å². The average molecular weight is 365 g/mol. The number of benzene rings is 2.